The summed E-state index contributed by atoms with van der Waals surface area (Å²) in [4.78, 5) is 3.96. The van der Waals surface area contributed by atoms with Crippen LogP contribution >= 0.6 is 11.8 Å². The molecule has 5 rings (SSSR count). The summed E-state index contributed by atoms with van der Waals surface area (Å²) in [5.41, 5.74) is 1.20. The Hall–Kier alpha value is -2.63. The summed E-state index contributed by atoms with van der Waals surface area (Å²) in [5.74, 6) is 3.46. The summed E-state index contributed by atoms with van der Waals surface area (Å²) < 4.78 is 12.6. The molecule has 0 spiro atoms. The number of phenols is 1. The molecule has 1 unspecified atom stereocenters. The van der Waals surface area contributed by atoms with Gasteiger partial charge in [-0.1, -0.05) is 38.5 Å². The van der Waals surface area contributed by atoms with Crippen LogP contribution in [0.15, 0.2) is 65.6 Å². The number of hydrogen-bond donors (Lipinski definition) is 1. The van der Waals surface area contributed by atoms with Gasteiger partial charge >= 0.3 is 0 Å². The van der Waals surface area contributed by atoms with E-state index in [-0.39, 0.29) is 5.75 Å². The SMILES string of the molecule is CC(C)CC1=CCC(c2ccc3cc(O)ccc3c2Oc2ccc(OCCN3CCCCC3)cc2)S1. The second kappa shape index (κ2) is 11.6. The average Bonchev–Trinajstić information content (AvgIpc) is 3.33. The molecular weight excluding hydrogens is 466 g/mol. The van der Waals surface area contributed by atoms with E-state index in [1.54, 1.807) is 12.1 Å². The van der Waals surface area contributed by atoms with Crippen molar-refractivity contribution in [2.24, 2.45) is 5.92 Å². The predicted octanol–water partition coefficient (Wildman–Crippen LogP) is 8.31. The zero-order chi connectivity index (χ0) is 24.9. The van der Waals surface area contributed by atoms with Gasteiger partial charge in [0, 0.05) is 22.7 Å². The summed E-state index contributed by atoms with van der Waals surface area (Å²) in [6.07, 6.45) is 8.48. The summed E-state index contributed by atoms with van der Waals surface area (Å²) in [6.45, 7) is 8.61. The zero-order valence-electron chi connectivity index (χ0n) is 21.4. The van der Waals surface area contributed by atoms with Crippen molar-refractivity contribution in [3.05, 3.63) is 71.1 Å². The third kappa shape index (κ3) is 6.19. The Balaban J connectivity index is 1.31. The van der Waals surface area contributed by atoms with Gasteiger partial charge in [-0.25, -0.2) is 0 Å². The minimum atomic E-state index is 0.267. The molecular formula is C31H37NO3S. The summed E-state index contributed by atoms with van der Waals surface area (Å²) >= 11 is 1.96. The van der Waals surface area contributed by atoms with Gasteiger partial charge < -0.3 is 14.6 Å². The number of thioether (sulfide) groups is 1. The number of nitrogens with zero attached hydrogens (tertiary/aromatic N) is 1. The standard InChI is InChI=1S/C31H37NO3S/c1-22(2)20-27-12-15-30(36-27)29-13-6-23-21-24(33)7-14-28(23)31(29)35-26-10-8-25(9-11-26)34-19-18-32-16-4-3-5-17-32/h6-14,21-22,30,33H,3-5,15-20H2,1-2H3. The molecule has 4 nitrogen and oxygen atoms in total. The zero-order valence-corrected chi connectivity index (χ0v) is 22.2. The molecule has 0 aliphatic carbocycles. The molecule has 1 saturated heterocycles. The van der Waals surface area contributed by atoms with Crippen LogP contribution in [-0.4, -0.2) is 36.2 Å². The van der Waals surface area contributed by atoms with Gasteiger partial charge in [-0.05, 0) is 97.4 Å². The van der Waals surface area contributed by atoms with Crippen molar-refractivity contribution < 1.29 is 14.6 Å². The molecule has 0 saturated carbocycles. The molecule has 5 heteroatoms. The minimum Gasteiger partial charge on any atom is -0.508 e. The van der Waals surface area contributed by atoms with Crippen LogP contribution < -0.4 is 9.47 Å². The van der Waals surface area contributed by atoms with Crippen LogP contribution in [0.1, 0.15) is 56.8 Å². The fourth-order valence-electron chi connectivity index (χ4n) is 5.11. The first kappa shape index (κ1) is 25.0. The Morgan fingerprint density at radius 2 is 1.75 bits per heavy atom. The number of rotatable bonds is 9. The second-order valence-electron chi connectivity index (χ2n) is 10.3. The number of ether oxygens (including phenoxy) is 2. The maximum absolute atomic E-state index is 10.0. The molecule has 1 atom stereocenters. The molecule has 0 aromatic heterocycles. The van der Waals surface area contributed by atoms with Crippen LogP contribution in [0.2, 0.25) is 0 Å². The average molecular weight is 504 g/mol. The van der Waals surface area contributed by atoms with Crippen LogP contribution in [0.5, 0.6) is 23.0 Å². The highest BCUT2D eigenvalue weighted by molar-refractivity contribution is 8.03. The maximum atomic E-state index is 10.0. The third-order valence-electron chi connectivity index (χ3n) is 6.96. The van der Waals surface area contributed by atoms with Crippen LogP contribution in [0.25, 0.3) is 10.8 Å². The van der Waals surface area contributed by atoms with Gasteiger partial charge in [0.25, 0.3) is 0 Å². The predicted molar refractivity (Wildman–Crippen MR) is 150 cm³/mol. The van der Waals surface area contributed by atoms with E-state index in [2.05, 4.69) is 37.0 Å². The normalized spacial score (nSPS) is 18.5. The molecule has 3 aromatic rings. The Labute approximate surface area is 219 Å². The summed E-state index contributed by atoms with van der Waals surface area (Å²) in [7, 11) is 0. The largest absolute Gasteiger partial charge is 0.508 e. The lowest BCUT2D eigenvalue weighted by molar-refractivity contribution is 0.183. The first-order valence-electron chi connectivity index (χ1n) is 13.3. The topological polar surface area (TPSA) is 41.9 Å². The van der Waals surface area contributed by atoms with Gasteiger partial charge in [-0.3, -0.25) is 4.90 Å². The van der Waals surface area contributed by atoms with Crippen LogP contribution in [0.3, 0.4) is 0 Å². The molecule has 0 amide bonds. The van der Waals surface area contributed by atoms with Gasteiger partial charge in [0.05, 0.1) is 0 Å². The van der Waals surface area contributed by atoms with Crippen molar-refractivity contribution in [3.8, 4) is 23.0 Å². The number of benzene rings is 3. The van der Waals surface area contributed by atoms with Crippen LogP contribution in [0, 0.1) is 5.92 Å². The van der Waals surface area contributed by atoms with Crippen molar-refractivity contribution in [2.75, 3.05) is 26.2 Å². The van der Waals surface area contributed by atoms with Gasteiger partial charge in [0.15, 0.2) is 0 Å². The molecule has 3 aromatic carbocycles. The number of allylic oxidation sites excluding steroid dienone is 2. The van der Waals surface area contributed by atoms with E-state index in [9.17, 15) is 5.11 Å². The van der Waals surface area contributed by atoms with E-state index in [0.29, 0.717) is 17.8 Å². The number of likely N-dealkylation sites (tertiary alicyclic amines) is 1. The van der Waals surface area contributed by atoms with E-state index in [0.717, 1.165) is 47.4 Å². The molecule has 0 bridgehead atoms. The lowest BCUT2D eigenvalue weighted by Crippen LogP contribution is -2.33. The highest BCUT2D eigenvalue weighted by Crippen LogP contribution is 2.50. The van der Waals surface area contributed by atoms with Gasteiger partial charge in [-0.15, -0.1) is 11.8 Å². The summed E-state index contributed by atoms with van der Waals surface area (Å²) in [5, 5.41) is 12.4. The fourth-order valence-corrected chi connectivity index (χ4v) is 6.60. The first-order chi connectivity index (χ1) is 17.5. The Morgan fingerprint density at radius 1 is 0.972 bits per heavy atom. The second-order valence-corrected chi connectivity index (χ2v) is 11.7. The fraction of sp³-hybridized carbons (Fsp3) is 0.419. The van der Waals surface area contributed by atoms with Gasteiger partial charge in [0.1, 0.15) is 29.6 Å². The monoisotopic (exact) mass is 503 g/mol. The van der Waals surface area contributed by atoms with E-state index in [1.165, 1.54) is 42.8 Å². The maximum Gasteiger partial charge on any atom is 0.139 e. The van der Waals surface area contributed by atoms with Crippen molar-refractivity contribution >= 4 is 22.5 Å². The molecule has 2 aliphatic heterocycles. The smallest absolute Gasteiger partial charge is 0.139 e. The first-order valence-corrected chi connectivity index (χ1v) is 14.2. The molecule has 190 valence electrons. The number of fused-ring (bicyclic) bond motifs is 1. The highest BCUT2D eigenvalue weighted by atomic mass is 32.2. The third-order valence-corrected chi connectivity index (χ3v) is 8.33. The quantitative estimate of drug-likeness (QED) is 0.318. The Morgan fingerprint density at radius 3 is 2.53 bits per heavy atom. The molecule has 1 N–H and O–H groups in total. The van der Waals surface area contributed by atoms with E-state index in [4.69, 9.17) is 9.47 Å². The number of piperidine rings is 1. The number of phenolic OH excluding ortho intramolecular Hbond substituents is 1. The summed E-state index contributed by atoms with van der Waals surface area (Å²) in [6, 6.07) is 17.7. The molecule has 36 heavy (non-hydrogen) atoms. The highest BCUT2D eigenvalue weighted by Gasteiger charge is 2.25. The van der Waals surface area contributed by atoms with E-state index < -0.39 is 0 Å². The van der Waals surface area contributed by atoms with Crippen LogP contribution in [-0.2, 0) is 0 Å². The number of hydrogen-bond acceptors (Lipinski definition) is 5. The van der Waals surface area contributed by atoms with Crippen molar-refractivity contribution in [1.82, 2.24) is 4.90 Å². The lowest BCUT2D eigenvalue weighted by atomic mass is 10.0. The lowest BCUT2D eigenvalue weighted by Gasteiger charge is -2.26. The van der Waals surface area contributed by atoms with Crippen LogP contribution in [0.4, 0.5) is 0 Å². The number of aromatic hydroxyl groups is 1. The van der Waals surface area contributed by atoms with E-state index in [1.807, 2.05) is 42.1 Å². The molecule has 1 fully saturated rings. The van der Waals surface area contributed by atoms with Crippen molar-refractivity contribution in [3.63, 3.8) is 0 Å². The molecule has 0 radical (unpaired) electrons. The van der Waals surface area contributed by atoms with E-state index >= 15 is 0 Å². The Kier molecular flexibility index (Phi) is 8.08. The van der Waals surface area contributed by atoms with Crippen molar-refractivity contribution in [1.29, 1.82) is 0 Å². The molecule has 2 aliphatic rings. The minimum absolute atomic E-state index is 0.267. The molecule has 2 heterocycles. The Bertz CT molecular complexity index is 1200. The van der Waals surface area contributed by atoms with Gasteiger partial charge in [-0.2, -0.15) is 0 Å². The van der Waals surface area contributed by atoms with Crippen molar-refractivity contribution in [2.45, 2.75) is 51.2 Å². The van der Waals surface area contributed by atoms with Gasteiger partial charge in [0.2, 0.25) is 0 Å².